The molecule has 86 valence electrons. The van der Waals surface area contributed by atoms with E-state index in [9.17, 15) is 0 Å². The van der Waals surface area contributed by atoms with Gasteiger partial charge in [0.15, 0.2) is 0 Å². The molecule has 0 unspecified atom stereocenters. The zero-order valence-electron chi connectivity index (χ0n) is 9.60. The minimum atomic E-state index is 0.773. The van der Waals surface area contributed by atoms with Crippen LogP contribution in [-0.2, 0) is 0 Å². The van der Waals surface area contributed by atoms with Crippen molar-refractivity contribution in [3.05, 3.63) is 53.6 Å². The van der Waals surface area contributed by atoms with Crippen molar-refractivity contribution in [3.8, 4) is 0 Å². The van der Waals surface area contributed by atoms with E-state index in [1.165, 1.54) is 17.1 Å². The second-order valence-electron chi connectivity index (χ2n) is 4.23. The van der Waals surface area contributed by atoms with Crippen molar-refractivity contribution in [3.63, 3.8) is 0 Å². The van der Waals surface area contributed by atoms with Crippen molar-refractivity contribution in [2.24, 2.45) is 0 Å². The van der Waals surface area contributed by atoms with Gasteiger partial charge in [0, 0.05) is 17.8 Å². The first-order chi connectivity index (χ1) is 8.25. The molecule has 17 heavy (non-hydrogen) atoms. The molecule has 0 aromatic heterocycles. The molecular weight excluding hydrogens is 232 g/mol. The predicted octanol–water partition coefficient (Wildman–Crippen LogP) is 3.89. The molecule has 0 atom stereocenters. The van der Waals surface area contributed by atoms with Crippen LogP contribution in [0.4, 0.5) is 17.1 Å². The normalized spacial score (nSPS) is 14.0. The lowest BCUT2D eigenvalue weighted by molar-refractivity contribution is 0.950. The summed E-state index contributed by atoms with van der Waals surface area (Å²) in [4.78, 5) is 4.52. The third-order valence-electron chi connectivity index (χ3n) is 3.08. The molecule has 1 aliphatic rings. The Morgan fingerprint density at radius 3 is 2.29 bits per heavy atom. The molecule has 2 aromatic carbocycles. The minimum absolute atomic E-state index is 0.773. The molecule has 1 heterocycles. The van der Waals surface area contributed by atoms with Crippen LogP contribution in [0.1, 0.15) is 0 Å². The third kappa shape index (κ3) is 1.75. The summed E-state index contributed by atoms with van der Waals surface area (Å²) in [5, 5.41) is 0.773. The van der Waals surface area contributed by atoms with Gasteiger partial charge in [0.25, 0.3) is 0 Å². The molecule has 0 radical (unpaired) electrons. The summed E-state index contributed by atoms with van der Waals surface area (Å²) in [5.74, 6) is 0. The van der Waals surface area contributed by atoms with Crippen LogP contribution in [-0.4, -0.2) is 13.7 Å². The number of hydrogen-bond donors (Lipinski definition) is 0. The molecule has 3 heteroatoms. The summed E-state index contributed by atoms with van der Waals surface area (Å²) in [6.07, 6.45) is 0. The van der Waals surface area contributed by atoms with Crippen molar-refractivity contribution < 1.29 is 0 Å². The van der Waals surface area contributed by atoms with Gasteiger partial charge in [-0.05, 0) is 36.4 Å². The fraction of sp³-hybridized carbons (Fsp3) is 0.143. The van der Waals surface area contributed by atoms with Crippen LogP contribution in [0.15, 0.2) is 48.5 Å². The maximum atomic E-state index is 5.92. The number of nitrogens with zero attached hydrogens (tertiary/aromatic N) is 2. The first-order valence-electron chi connectivity index (χ1n) is 5.59. The van der Waals surface area contributed by atoms with Gasteiger partial charge in [-0.15, -0.1) is 0 Å². The van der Waals surface area contributed by atoms with Crippen LogP contribution < -0.4 is 9.80 Å². The average molecular weight is 245 g/mol. The number of para-hydroxylation sites is 2. The Bertz CT molecular complexity index is 536. The van der Waals surface area contributed by atoms with Crippen LogP contribution in [0, 0.1) is 0 Å². The van der Waals surface area contributed by atoms with Crippen molar-refractivity contribution >= 4 is 28.7 Å². The fourth-order valence-corrected chi connectivity index (χ4v) is 2.35. The summed E-state index contributed by atoms with van der Waals surface area (Å²) in [6, 6.07) is 16.4. The Hall–Kier alpha value is -1.67. The van der Waals surface area contributed by atoms with E-state index >= 15 is 0 Å². The Morgan fingerprint density at radius 2 is 1.59 bits per heavy atom. The van der Waals surface area contributed by atoms with Crippen LogP contribution in [0.3, 0.4) is 0 Å². The quantitative estimate of drug-likeness (QED) is 0.751. The van der Waals surface area contributed by atoms with E-state index in [1.54, 1.807) is 0 Å². The number of halogens is 1. The molecular formula is C14H13ClN2. The maximum absolute atomic E-state index is 5.92. The summed E-state index contributed by atoms with van der Waals surface area (Å²) in [7, 11) is 2.11. The molecule has 2 aromatic rings. The van der Waals surface area contributed by atoms with Crippen LogP contribution in [0.25, 0.3) is 0 Å². The van der Waals surface area contributed by atoms with Gasteiger partial charge in [0.1, 0.15) is 0 Å². The number of rotatable bonds is 1. The van der Waals surface area contributed by atoms with Gasteiger partial charge >= 0.3 is 0 Å². The molecule has 0 saturated carbocycles. The third-order valence-corrected chi connectivity index (χ3v) is 3.33. The van der Waals surface area contributed by atoms with Gasteiger partial charge in [-0.25, -0.2) is 0 Å². The van der Waals surface area contributed by atoms with Gasteiger partial charge in [0.05, 0.1) is 18.0 Å². The topological polar surface area (TPSA) is 6.48 Å². The molecule has 2 nitrogen and oxygen atoms in total. The predicted molar refractivity (Wildman–Crippen MR) is 73.3 cm³/mol. The zero-order valence-corrected chi connectivity index (χ0v) is 10.4. The van der Waals surface area contributed by atoms with Gasteiger partial charge in [0.2, 0.25) is 0 Å². The van der Waals surface area contributed by atoms with Gasteiger partial charge < -0.3 is 9.80 Å². The highest BCUT2D eigenvalue weighted by atomic mass is 35.5. The molecule has 0 N–H and O–H groups in total. The number of benzene rings is 2. The van der Waals surface area contributed by atoms with Crippen LogP contribution in [0.2, 0.25) is 5.02 Å². The second kappa shape index (κ2) is 3.97. The van der Waals surface area contributed by atoms with E-state index in [-0.39, 0.29) is 0 Å². The molecule has 0 bridgehead atoms. The van der Waals surface area contributed by atoms with E-state index in [0.717, 1.165) is 11.7 Å². The number of anilines is 3. The van der Waals surface area contributed by atoms with E-state index < -0.39 is 0 Å². The van der Waals surface area contributed by atoms with Crippen molar-refractivity contribution in [2.45, 2.75) is 0 Å². The number of hydrogen-bond acceptors (Lipinski definition) is 2. The van der Waals surface area contributed by atoms with Gasteiger partial charge in [-0.3, -0.25) is 0 Å². The molecule has 0 aliphatic carbocycles. The zero-order chi connectivity index (χ0) is 11.8. The van der Waals surface area contributed by atoms with Crippen molar-refractivity contribution in [1.82, 2.24) is 0 Å². The standard InChI is InChI=1S/C14H13ClN2/c1-16-10-17(12-8-6-11(15)7-9-12)14-5-3-2-4-13(14)16/h2-9H,10H2,1H3. The summed E-state index contributed by atoms with van der Waals surface area (Å²) >= 11 is 5.92. The smallest absolute Gasteiger partial charge is 0.0950 e. The first-order valence-corrected chi connectivity index (χ1v) is 5.97. The van der Waals surface area contributed by atoms with Crippen LogP contribution >= 0.6 is 11.6 Å². The summed E-state index contributed by atoms with van der Waals surface area (Å²) < 4.78 is 0. The van der Waals surface area contributed by atoms with Crippen molar-refractivity contribution in [1.29, 1.82) is 0 Å². The Balaban J connectivity index is 2.04. The summed E-state index contributed by atoms with van der Waals surface area (Å²) in [6.45, 7) is 0.876. The van der Waals surface area contributed by atoms with Crippen LogP contribution in [0.5, 0.6) is 0 Å². The van der Waals surface area contributed by atoms with Gasteiger partial charge in [-0.1, -0.05) is 23.7 Å². The highest BCUT2D eigenvalue weighted by Gasteiger charge is 2.23. The molecule has 3 rings (SSSR count). The molecule has 1 aliphatic heterocycles. The maximum Gasteiger partial charge on any atom is 0.0950 e. The lowest BCUT2D eigenvalue weighted by Crippen LogP contribution is -2.23. The minimum Gasteiger partial charge on any atom is -0.355 e. The Morgan fingerprint density at radius 1 is 0.941 bits per heavy atom. The highest BCUT2D eigenvalue weighted by molar-refractivity contribution is 6.30. The highest BCUT2D eigenvalue weighted by Crippen LogP contribution is 2.39. The average Bonchev–Trinajstić information content (AvgIpc) is 2.69. The monoisotopic (exact) mass is 244 g/mol. The second-order valence-corrected chi connectivity index (χ2v) is 4.67. The molecule has 0 spiro atoms. The fourth-order valence-electron chi connectivity index (χ4n) is 2.22. The largest absolute Gasteiger partial charge is 0.355 e. The molecule has 0 amide bonds. The lowest BCUT2D eigenvalue weighted by Gasteiger charge is -2.19. The summed E-state index contributed by atoms with van der Waals surface area (Å²) in [5.41, 5.74) is 3.69. The molecule has 0 fully saturated rings. The van der Waals surface area contributed by atoms with Crippen molar-refractivity contribution in [2.75, 3.05) is 23.5 Å². The SMILES string of the molecule is CN1CN(c2ccc(Cl)cc2)c2ccccc21. The Labute approximate surface area is 106 Å². The van der Waals surface area contributed by atoms with E-state index in [1.807, 2.05) is 12.1 Å². The van der Waals surface area contributed by atoms with E-state index in [4.69, 9.17) is 11.6 Å². The van der Waals surface area contributed by atoms with E-state index in [2.05, 4.69) is 53.2 Å². The number of fused-ring (bicyclic) bond motifs is 1. The lowest BCUT2D eigenvalue weighted by atomic mass is 10.2. The van der Waals surface area contributed by atoms with Gasteiger partial charge in [-0.2, -0.15) is 0 Å². The first kappa shape index (κ1) is 10.5. The molecule has 0 saturated heterocycles. The van der Waals surface area contributed by atoms with E-state index in [0.29, 0.717) is 0 Å². The Kier molecular flexibility index (Phi) is 2.45.